The molecule has 3 aromatic rings. The van der Waals surface area contributed by atoms with Gasteiger partial charge in [0.1, 0.15) is 0 Å². The third-order valence-corrected chi connectivity index (χ3v) is 9.06. The number of rotatable bonds is 8. The van der Waals surface area contributed by atoms with Crippen molar-refractivity contribution in [1.29, 1.82) is 0 Å². The van der Waals surface area contributed by atoms with Crippen LogP contribution in [0.2, 0.25) is 5.02 Å². The Morgan fingerprint density at radius 3 is 2.61 bits per heavy atom. The lowest BCUT2D eigenvalue weighted by Gasteiger charge is -2.20. The maximum atomic E-state index is 13.3. The first-order valence-corrected chi connectivity index (χ1v) is 14.2. The average molecular weight is 558 g/mol. The van der Waals surface area contributed by atoms with Crippen LogP contribution in [0.15, 0.2) is 70.1 Å². The van der Waals surface area contributed by atoms with Gasteiger partial charge < -0.3 is 20.5 Å². The quantitative estimate of drug-likeness (QED) is 0.387. The molecule has 38 heavy (non-hydrogen) atoms. The smallest absolute Gasteiger partial charge is 0.273 e. The van der Waals surface area contributed by atoms with Crippen molar-refractivity contribution in [1.82, 2.24) is 25.4 Å². The largest absolute Gasteiger partial charge is 0.355 e. The summed E-state index contributed by atoms with van der Waals surface area (Å²) in [6.45, 7) is 1.22. The van der Waals surface area contributed by atoms with Crippen molar-refractivity contribution < 1.29 is 22.5 Å². The average Bonchev–Trinajstić information content (AvgIpc) is 3.70. The van der Waals surface area contributed by atoms with Gasteiger partial charge in [0.05, 0.1) is 21.9 Å². The van der Waals surface area contributed by atoms with Crippen LogP contribution in [-0.4, -0.2) is 68.0 Å². The molecule has 0 saturated carbocycles. The number of benzene rings is 2. The molecule has 2 fully saturated rings. The molecule has 2 aliphatic rings. The number of carbonyl (C=O) groups excluding carboxylic acids is 2. The van der Waals surface area contributed by atoms with Crippen molar-refractivity contribution in [3.05, 3.63) is 71.4 Å². The fourth-order valence-corrected chi connectivity index (χ4v) is 6.56. The van der Waals surface area contributed by atoms with Crippen molar-refractivity contribution in [3.8, 4) is 11.3 Å². The van der Waals surface area contributed by atoms with Crippen LogP contribution in [-0.2, 0) is 14.8 Å². The fraction of sp³-hybridized carbons (Fsp3) is 0.346. The van der Waals surface area contributed by atoms with E-state index in [0.29, 0.717) is 22.9 Å². The zero-order valence-electron chi connectivity index (χ0n) is 20.5. The second-order valence-electron chi connectivity index (χ2n) is 9.42. The monoisotopic (exact) mass is 557 g/mol. The van der Waals surface area contributed by atoms with E-state index in [1.54, 1.807) is 42.5 Å². The van der Waals surface area contributed by atoms with E-state index < -0.39 is 27.9 Å². The molecular weight excluding hydrogens is 530 g/mol. The van der Waals surface area contributed by atoms with Gasteiger partial charge >= 0.3 is 0 Å². The summed E-state index contributed by atoms with van der Waals surface area (Å²) in [6.07, 6.45) is 2.00. The van der Waals surface area contributed by atoms with Gasteiger partial charge in [-0.25, -0.2) is 8.42 Å². The van der Waals surface area contributed by atoms with Gasteiger partial charge in [-0.15, -0.1) is 0 Å². The van der Waals surface area contributed by atoms with Crippen LogP contribution in [0.4, 0.5) is 0 Å². The number of hydrogen-bond acceptors (Lipinski definition) is 7. The molecule has 3 N–H and O–H groups in total. The maximum absolute atomic E-state index is 13.3. The second-order valence-corrected chi connectivity index (χ2v) is 11.8. The first kappa shape index (κ1) is 26.4. The molecule has 1 aromatic heterocycles. The van der Waals surface area contributed by atoms with E-state index in [1.165, 1.54) is 22.5 Å². The van der Waals surface area contributed by atoms with Crippen molar-refractivity contribution in [3.63, 3.8) is 0 Å². The minimum atomic E-state index is -3.86. The molecule has 5 rings (SSSR count). The molecule has 10 nitrogen and oxygen atoms in total. The van der Waals surface area contributed by atoms with E-state index in [2.05, 4.69) is 21.1 Å². The van der Waals surface area contributed by atoms with Gasteiger partial charge in [-0.2, -0.15) is 4.31 Å². The van der Waals surface area contributed by atoms with E-state index >= 15 is 0 Å². The number of amides is 2. The van der Waals surface area contributed by atoms with Crippen LogP contribution < -0.4 is 16.0 Å². The number of halogens is 1. The molecule has 200 valence electrons. The Bertz CT molecular complexity index is 1410. The van der Waals surface area contributed by atoms with Gasteiger partial charge in [0.25, 0.3) is 5.91 Å². The van der Waals surface area contributed by atoms with Gasteiger partial charge in [0.15, 0.2) is 11.5 Å². The molecule has 2 saturated heterocycles. The number of carbonyl (C=O) groups is 2. The topological polar surface area (TPSA) is 134 Å². The van der Waals surface area contributed by atoms with Gasteiger partial charge in [0.2, 0.25) is 15.9 Å². The number of nitrogens with zero attached hydrogens (tertiary/aromatic N) is 2. The molecule has 2 aromatic carbocycles. The zero-order valence-corrected chi connectivity index (χ0v) is 22.0. The van der Waals surface area contributed by atoms with Crippen LogP contribution in [0, 0.1) is 5.92 Å². The van der Waals surface area contributed by atoms with Crippen LogP contribution in [0.1, 0.15) is 23.3 Å². The normalized spacial score (nSPS) is 21.9. The Kier molecular flexibility index (Phi) is 7.80. The molecule has 0 radical (unpaired) electrons. The number of nitrogens with one attached hydrogen (secondary N) is 3. The lowest BCUT2D eigenvalue weighted by Crippen LogP contribution is -2.48. The lowest BCUT2D eigenvalue weighted by molar-refractivity contribution is -0.125. The minimum absolute atomic E-state index is 0.00130. The third kappa shape index (κ3) is 5.60. The van der Waals surface area contributed by atoms with Crippen molar-refractivity contribution in [2.45, 2.75) is 29.8 Å². The summed E-state index contributed by atoms with van der Waals surface area (Å²) in [4.78, 5) is 26.4. The van der Waals surface area contributed by atoms with E-state index in [9.17, 15) is 18.0 Å². The highest BCUT2D eigenvalue weighted by molar-refractivity contribution is 7.89. The summed E-state index contributed by atoms with van der Waals surface area (Å²) >= 11 is 6.23. The molecule has 0 spiro atoms. The second kappa shape index (κ2) is 11.2. The van der Waals surface area contributed by atoms with Crippen molar-refractivity contribution in [2.24, 2.45) is 5.92 Å². The molecule has 0 unspecified atom stereocenters. The van der Waals surface area contributed by atoms with Gasteiger partial charge in [0, 0.05) is 37.3 Å². The van der Waals surface area contributed by atoms with Crippen molar-refractivity contribution >= 4 is 33.4 Å². The molecule has 12 heteroatoms. The Morgan fingerprint density at radius 2 is 1.87 bits per heavy atom. The van der Waals surface area contributed by atoms with Crippen LogP contribution in [0.3, 0.4) is 0 Å². The van der Waals surface area contributed by atoms with Crippen LogP contribution in [0.5, 0.6) is 0 Å². The van der Waals surface area contributed by atoms with Gasteiger partial charge in [-0.05, 0) is 43.7 Å². The Labute approximate surface area is 225 Å². The molecule has 3 atom stereocenters. The fourth-order valence-electron chi connectivity index (χ4n) is 4.82. The SMILES string of the molecule is O=C(N[C@H]1CN(S(=O)(=O)c2ccccc2)C[C@@H]1C(=O)NC[C@@H]1CCCN1)c1cc(-c2ccccc2Cl)on1. The summed E-state index contributed by atoms with van der Waals surface area (Å²) < 4.78 is 33.2. The molecule has 2 amide bonds. The zero-order chi connectivity index (χ0) is 26.7. The number of aromatic nitrogens is 1. The minimum Gasteiger partial charge on any atom is -0.355 e. The molecular formula is C26H28ClN5O5S. The lowest BCUT2D eigenvalue weighted by atomic mass is 10.0. The van der Waals surface area contributed by atoms with Crippen molar-refractivity contribution in [2.75, 3.05) is 26.2 Å². The summed E-state index contributed by atoms with van der Waals surface area (Å²) in [6, 6.07) is 15.9. The Balaban J connectivity index is 1.34. The van der Waals surface area contributed by atoms with Gasteiger partial charge in [-0.1, -0.05) is 47.1 Å². The number of sulfonamides is 1. The predicted molar refractivity (Wildman–Crippen MR) is 141 cm³/mol. The Morgan fingerprint density at radius 1 is 1.11 bits per heavy atom. The highest BCUT2D eigenvalue weighted by Gasteiger charge is 2.44. The molecule has 3 heterocycles. The summed E-state index contributed by atoms with van der Waals surface area (Å²) in [5.74, 6) is -1.36. The molecule has 2 aliphatic heterocycles. The summed E-state index contributed by atoms with van der Waals surface area (Å²) in [5.41, 5.74) is 0.582. The van der Waals surface area contributed by atoms with Gasteiger partial charge in [-0.3, -0.25) is 9.59 Å². The Hall–Kier alpha value is -3.25. The summed E-state index contributed by atoms with van der Waals surface area (Å²) in [5, 5.41) is 13.4. The van der Waals surface area contributed by atoms with Crippen LogP contribution >= 0.6 is 11.6 Å². The predicted octanol–water partition coefficient (Wildman–Crippen LogP) is 2.28. The summed E-state index contributed by atoms with van der Waals surface area (Å²) in [7, 11) is -3.86. The van der Waals surface area contributed by atoms with E-state index in [0.717, 1.165) is 19.4 Å². The van der Waals surface area contributed by atoms with E-state index in [1.807, 2.05) is 0 Å². The molecule has 0 bridgehead atoms. The first-order valence-electron chi connectivity index (χ1n) is 12.4. The van der Waals surface area contributed by atoms with E-state index in [-0.39, 0.29) is 35.6 Å². The first-order chi connectivity index (χ1) is 18.3. The maximum Gasteiger partial charge on any atom is 0.273 e. The molecule has 0 aliphatic carbocycles. The highest BCUT2D eigenvalue weighted by atomic mass is 35.5. The standard InChI is InChI=1S/C26H28ClN5O5S/c27-21-11-5-4-10-19(21)24-13-22(31-37-24)26(34)30-23-16-32(38(35,36)18-8-2-1-3-9-18)15-20(23)25(33)29-14-17-7-6-12-28-17/h1-5,8-11,13,17,20,23,28H,6-7,12,14-16H2,(H,29,33)(H,30,34)/t17-,20-,23-/m0/s1. The highest BCUT2D eigenvalue weighted by Crippen LogP contribution is 2.29. The van der Waals surface area contributed by atoms with E-state index in [4.69, 9.17) is 16.1 Å². The van der Waals surface area contributed by atoms with Crippen LogP contribution in [0.25, 0.3) is 11.3 Å². The number of hydrogen-bond donors (Lipinski definition) is 3. The third-order valence-electron chi connectivity index (χ3n) is 6.89.